The van der Waals surface area contributed by atoms with Gasteiger partial charge in [0.1, 0.15) is 0 Å². The van der Waals surface area contributed by atoms with Gasteiger partial charge in [0.15, 0.2) is 0 Å². The van der Waals surface area contributed by atoms with Crippen LogP contribution in [0.25, 0.3) is 16.2 Å². The lowest BCUT2D eigenvalue weighted by Gasteiger charge is -2.23. The van der Waals surface area contributed by atoms with E-state index in [9.17, 15) is 4.79 Å². The van der Waals surface area contributed by atoms with Gasteiger partial charge in [0.05, 0.1) is 6.61 Å². The van der Waals surface area contributed by atoms with Crippen LogP contribution >= 0.6 is 0 Å². The maximum absolute atomic E-state index is 12.2. The first-order chi connectivity index (χ1) is 10.7. The molecule has 0 bridgehead atoms. The molecule has 0 aromatic heterocycles. The van der Waals surface area contributed by atoms with E-state index in [-0.39, 0.29) is 5.97 Å². The standard InChI is InChI=1S/C17H17N3O2/c1-3-7-15(17(21)22-4-2)20-18-13-10-5-8-12-9-6-11-14(19-20)16(12)13/h3,5-6,8-11,15H,1,4,7H2,2H3. The zero-order valence-electron chi connectivity index (χ0n) is 12.4. The fourth-order valence-electron chi connectivity index (χ4n) is 2.53. The topological polar surface area (TPSA) is 55.8 Å². The third-order valence-electron chi connectivity index (χ3n) is 3.51. The lowest BCUT2D eigenvalue weighted by atomic mass is 10.1. The number of nitrogens with zero attached hydrogens (tertiary/aromatic N) is 3. The Hall–Kier alpha value is -2.69. The lowest BCUT2D eigenvalue weighted by Crippen LogP contribution is -2.32. The summed E-state index contributed by atoms with van der Waals surface area (Å²) in [7, 11) is 0. The molecule has 1 aliphatic rings. The Bertz CT molecular complexity index is 762. The van der Waals surface area contributed by atoms with Crippen molar-refractivity contribution in [2.24, 2.45) is 5.11 Å². The third-order valence-corrected chi connectivity index (χ3v) is 3.51. The maximum atomic E-state index is 12.2. The molecule has 0 fully saturated rings. The van der Waals surface area contributed by atoms with Gasteiger partial charge >= 0.3 is 5.97 Å². The van der Waals surface area contributed by atoms with Crippen LogP contribution in [-0.4, -0.2) is 23.4 Å². The summed E-state index contributed by atoms with van der Waals surface area (Å²) in [5, 5.41) is 6.59. The van der Waals surface area contributed by atoms with Crippen molar-refractivity contribution < 1.29 is 14.3 Å². The summed E-state index contributed by atoms with van der Waals surface area (Å²) >= 11 is 0. The summed E-state index contributed by atoms with van der Waals surface area (Å²) in [4.78, 5) is 13.6. The van der Waals surface area contributed by atoms with E-state index < -0.39 is 6.04 Å². The van der Waals surface area contributed by atoms with E-state index in [4.69, 9.17) is 4.74 Å². The number of rotatable bonds is 5. The van der Waals surface area contributed by atoms with E-state index in [0.717, 1.165) is 22.1 Å². The summed E-state index contributed by atoms with van der Waals surface area (Å²) in [6, 6.07) is 11.2. The molecule has 1 heterocycles. The summed E-state index contributed by atoms with van der Waals surface area (Å²) in [5.41, 5.74) is 6.12. The van der Waals surface area contributed by atoms with Gasteiger partial charge in [-0.15, -0.1) is 11.4 Å². The molecule has 0 saturated carbocycles. The predicted molar refractivity (Wildman–Crippen MR) is 84.6 cm³/mol. The molecule has 22 heavy (non-hydrogen) atoms. The second-order valence-electron chi connectivity index (χ2n) is 4.96. The molecule has 1 aliphatic heterocycles. The molecule has 0 amide bonds. The maximum Gasteiger partial charge on any atom is 0.377 e. The monoisotopic (exact) mass is 295 g/mol. The molecule has 0 aliphatic carbocycles. The first kappa shape index (κ1) is 14.3. The molecule has 1 atom stereocenters. The minimum Gasteiger partial charge on any atom is -0.461 e. The summed E-state index contributed by atoms with van der Waals surface area (Å²) in [6.07, 6.45) is 2.09. The second-order valence-corrected chi connectivity index (χ2v) is 4.96. The van der Waals surface area contributed by atoms with Gasteiger partial charge < -0.3 is 4.74 Å². The van der Waals surface area contributed by atoms with Crippen molar-refractivity contribution in [1.82, 2.24) is 0 Å². The van der Waals surface area contributed by atoms with E-state index in [1.807, 2.05) is 36.4 Å². The van der Waals surface area contributed by atoms with Gasteiger partial charge in [0.25, 0.3) is 6.04 Å². The molecule has 0 saturated heterocycles. The van der Waals surface area contributed by atoms with Crippen molar-refractivity contribution in [3.8, 4) is 0 Å². The summed E-state index contributed by atoms with van der Waals surface area (Å²) in [6.45, 7) is 5.81. The zero-order chi connectivity index (χ0) is 15.5. The highest BCUT2D eigenvalue weighted by Crippen LogP contribution is 2.41. The molecule has 3 rings (SSSR count). The Labute approximate surface area is 128 Å². The molecular formula is C17H17N3O2. The minimum atomic E-state index is -0.596. The quantitative estimate of drug-likeness (QED) is 0.467. The van der Waals surface area contributed by atoms with E-state index in [0.29, 0.717) is 13.0 Å². The van der Waals surface area contributed by atoms with Gasteiger partial charge in [-0.2, -0.15) is 10.5 Å². The first-order valence-corrected chi connectivity index (χ1v) is 7.26. The molecule has 0 spiro atoms. The highest BCUT2D eigenvalue weighted by Gasteiger charge is 2.30. The van der Waals surface area contributed by atoms with E-state index >= 15 is 0 Å². The van der Waals surface area contributed by atoms with E-state index in [1.54, 1.807) is 13.0 Å². The number of carbonyl (C=O) groups excluding carboxylic acids is 1. The number of ether oxygens (including phenoxy) is 1. The smallest absolute Gasteiger partial charge is 0.377 e. The van der Waals surface area contributed by atoms with Crippen LogP contribution in [0.1, 0.15) is 13.3 Å². The van der Waals surface area contributed by atoms with Crippen LogP contribution in [0.5, 0.6) is 0 Å². The molecule has 5 heteroatoms. The van der Waals surface area contributed by atoms with E-state index in [1.165, 1.54) is 4.81 Å². The Balaban J connectivity index is 2.05. The van der Waals surface area contributed by atoms with Crippen molar-refractivity contribution in [3.05, 3.63) is 54.5 Å². The number of azo groups is 1. The van der Waals surface area contributed by atoms with Gasteiger partial charge in [0.2, 0.25) is 0 Å². The number of hydrogen-bond donors (Lipinski definition) is 0. The zero-order valence-corrected chi connectivity index (χ0v) is 12.4. The predicted octanol–water partition coefficient (Wildman–Crippen LogP) is 4.38. The largest absolute Gasteiger partial charge is 0.461 e. The van der Waals surface area contributed by atoms with Gasteiger partial charge in [-0.05, 0) is 17.7 Å². The van der Waals surface area contributed by atoms with Crippen LogP contribution in [0.15, 0.2) is 54.2 Å². The van der Waals surface area contributed by atoms with Gasteiger partial charge in [0, 0.05) is 17.8 Å². The summed E-state index contributed by atoms with van der Waals surface area (Å²) in [5.74, 6) is -0.346. The molecule has 2 aromatic carbocycles. The van der Waals surface area contributed by atoms with Crippen LogP contribution < -0.4 is 0 Å². The third kappa shape index (κ3) is 2.45. The van der Waals surface area contributed by atoms with Crippen LogP contribution in [0.2, 0.25) is 0 Å². The fourth-order valence-corrected chi connectivity index (χ4v) is 2.53. The SMILES string of the molecule is C=CCC(C(=O)OCC)[N+]1=Nc2cccc3cccc(c23)[N-]1. The van der Waals surface area contributed by atoms with Crippen molar-refractivity contribution in [2.45, 2.75) is 19.4 Å². The average molecular weight is 295 g/mol. The van der Waals surface area contributed by atoms with Crippen molar-refractivity contribution in [1.29, 1.82) is 0 Å². The van der Waals surface area contributed by atoms with Crippen molar-refractivity contribution >= 4 is 28.1 Å². The number of esters is 1. The number of benzene rings is 2. The highest BCUT2D eigenvalue weighted by atomic mass is 16.5. The molecule has 0 N–H and O–H groups in total. The van der Waals surface area contributed by atoms with Crippen molar-refractivity contribution in [2.75, 3.05) is 6.61 Å². The van der Waals surface area contributed by atoms with Crippen LogP contribution in [-0.2, 0) is 9.53 Å². The Kier molecular flexibility index (Phi) is 3.87. The normalized spacial score (nSPS) is 14.0. The number of hydrogen-bond acceptors (Lipinski definition) is 3. The van der Waals surface area contributed by atoms with Crippen LogP contribution in [0.3, 0.4) is 0 Å². The number of carbonyl (C=O) groups is 1. The van der Waals surface area contributed by atoms with Crippen LogP contribution in [0, 0.1) is 0 Å². The van der Waals surface area contributed by atoms with E-state index in [2.05, 4.69) is 17.1 Å². The average Bonchev–Trinajstić information content (AvgIpc) is 2.53. The van der Waals surface area contributed by atoms with Crippen LogP contribution in [0.4, 0.5) is 11.4 Å². The van der Waals surface area contributed by atoms with Gasteiger partial charge in [-0.1, -0.05) is 42.5 Å². The molecule has 1 unspecified atom stereocenters. The Morgan fingerprint density at radius 1 is 1.41 bits per heavy atom. The molecule has 5 nitrogen and oxygen atoms in total. The molecular weight excluding hydrogens is 278 g/mol. The first-order valence-electron chi connectivity index (χ1n) is 7.26. The minimum absolute atomic E-state index is 0.326. The molecule has 2 aromatic rings. The Morgan fingerprint density at radius 3 is 2.91 bits per heavy atom. The second kappa shape index (κ2) is 5.97. The Morgan fingerprint density at radius 2 is 2.18 bits per heavy atom. The lowest BCUT2D eigenvalue weighted by molar-refractivity contribution is -0.564. The highest BCUT2D eigenvalue weighted by molar-refractivity contribution is 6.02. The van der Waals surface area contributed by atoms with Gasteiger partial charge in [-0.3, -0.25) is 0 Å². The summed E-state index contributed by atoms with van der Waals surface area (Å²) < 4.78 is 5.12. The van der Waals surface area contributed by atoms with Gasteiger partial charge in [-0.25, -0.2) is 4.79 Å². The van der Waals surface area contributed by atoms with Crippen molar-refractivity contribution in [3.63, 3.8) is 0 Å². The fraction of sp³-hybridized carbons (Fsp3) is 0.235. The molecule has 112 valence electrons. The molecule has 0 radical (unpaired) electrons.